The maximum absolute atomic E-state index is 10.7. The molecule has 14 heavy (non-hydrogen) atoms. The molecular weight excluding hydrogens is 270 g/mol. The summed E-state index contributed by atoms with van der Waals surface area (Å²) in [6.45, 7) is 1.79. The Kier molecular flexibility index (Phi) is 2.20. The number of aromatic nitrogens is 2. The van der Waals surface area contributed by atoms with E-state index in [9.17, 15) is 10.1 Å². The lowest BCUT2D eigenvalue weighted by Gasteiger charge is -1.98. The second-order valence-electron chi connectivity index (χ2n) is 2.75. The Morgan fingerprint density at radius 1 is 1.50 bits per heavy atom. The van der Waals surface area contributed by atoms with Gasteiger partial charge in [0.2, 0.25) is 0 Å². The molecule has 0 saturated heterocycles. The first-order valence-corrected chi connectivity index (χ1v) is 5.19. The van der Waals surface area contributed by atoms with E-state index in [1.54, 1.807) is 6.92 Å². The molecule has 0 aliphatic heterocycles. The summed E-state index contributed by atoms with van der Waals surface area (Å²) in [7, 11) is 0. The van der Waals surface area contributed by atoms with Crippen molar-refractivity contribution in [2.75, 3.05) is 0 Å². The van der Waals surface area contributed by atoms with Crippen molar-refractivity contribution in [1.29, 1.82) is 0 Å². The van der Waals surface area contributed by atoms with Crippen LogP contribution in [0.4, 0.5) is 5.69 Å². The fraction of sp³-hybridized carbons (Fsp3) is 0.143. The molecule has 0 bridgehead atoms. The van der Waals surface area contributed by atoms with Gasteiger partial charge in [0.15, 0.2) is 5.52 Å². The van der Waals surface area contributed by atoms with E-state index in [0.717, 1.165) is 21.8 Å². The molecule has 0 N–H and O–H groups in total. The summed E-state index contributed by atoms with van der Waals surface area (Å²) >= 11 is 4.30. The van der Waals surface area contributed by atoms with Crippen LogP contribution in [-0.2, 0) is 0 Å². The Morgan fingerprint density at radius 3 is 2.79 bits per heavy atom. The van der Waals surface area contributed by atoms with Gasteiger partial charge in [-0.3, -0.25) is 10.1 Å². The van der Waals surface area contributed by atoms with E-state index in [-0.39, 0.29) is 5.69 Å². The van der Waals surface area contributed by atoms with Gasteiger partial charge < -0.3 is 0 Å². The zero-order valence-electron chi connectivity index (χ0n) is 7.02. The molecule has 0 aliphatic rings. The summed E-state index contributed by atoms with van der Waals surface area (Å²) in [6, 6.07) is 1.49. The van der Waals surface area contributed by atoms with Crippen LogP contribution in [0.2, 0.25) is 0 Å². The quantitative estimate of drug-likeness (QED) is 0.592. The highest BCUT2D eigenvalue weighted by molar-refractivity contribution is 9.10. The third kappa shape index (κ3) is 1.28. The van der Waals surface area contributed by atoms with E-state index in [0.29, 0.717) is 11.0 Å². The number of hydrogen-bond acceptors (Lipinski definition) is 5. The normalized spacial score (nSPS) is 10.7. The molecule has 0 saturated carbocycles. The molecule has 1 aromatic carbocycles. The van der Waals surface area contributed by atoms with E-state index in [1.165, 1.54) is 6.07 Å². The van der Waals surface area contributed by atoms with Gasteiger partial charge in [-0.05, 0) is 28.4 Å². The SMILES string of the molecule is Cc1cc([N+](=O)[O-])c2nsnc2c1Br. The maximum atomic E-state index is 10.7. The highest BCUT2D eigenvalue weighted by atomic mass is 79.9. The summed E-state index contributed by atoms with van der Waals surface area (Å²) in [6.07, 6.45) is 0. The summed E-state index contributed by atoms with van der Waals surface area (Å²) < 4.78 is 8.67. The van der Waals surface area contributed by atoms with Crippen molar-refractivity contribution in [2.45, 2.75) is 6.92 Å². The Bertz CT molecular complexity index is 525. The fourth-order valence-electron chi connectivity index (χ4n) is 1.16. The lowest BCUT2D eigenvalue weighted by Crippen LogP contribution is -1.91. The topological polar surface area (TPSA) is 68.9 Å². The molecule has 2 aromatic rings. The van der Waals surface area contributed by atoms with Crippen molar-refractivity contribution in [1.82, 2.24) is 8.75 Å². The molecule has 5 nitrogen and oxygen atoms in total. The van der Waals surface area contributed by atoms with Gasteiger partial charge in [-0.15, -0.1) is 0 Å². The number of nitro groups is 1. The molecule has 0 fully saturated rings. The second kappa shape index (κ2) is 3.25. The van der Waals surface area contributed by atoms with Crippen LogP contribution in [0.25, 0.3) is 11.0 Å². The molecule has 0 spiro atoms. The summed E-state index contributed by atoms with van der Waals surface area (Å²) in [5.41, 5.74) is 1.70. The Balaban J connectivity index is 2.91. The van der Waals surface area contributed by atoms with Gasteiger partial charge in [-0.2, -0.15) is 8.75 Å². The molecule has 0 radical (unpaired) electrons. The van der Waals surface area contributed by atoms with Crippen LogP contribution in [0.3, 0.4) is 0 Å². The van der Waals surface area contributed by atoms with Gasteiger partial charge in [-0.25, -0.2) is 0 Å². The molecule has 72 valence electrons. The van der Waals surface area contributed by atoms with Crippen molar-refractivity contribution in [3.8, 4) is 0 Å². The van der Waals surface area contributed by atoms with Crippen LogP contribution in [0, 0.1) is 17.0 Å². The van der Waals surface area contributed by atoms with Gasteiger partial charge in [0, 0.05) is 6.07 Å². The smallest absolute Gasteiger partial charge is 0.258 e. The standard InChI is InChI=1S/C7H4BrN3O2S/c1-3-2-4(11(12)13)6-7(5(3)8)10-14-9-6/h2H,1H3. The third-order valence-electron chi connectivity index (χ3n) is 1.84. The van der Waals surface area contributed by atoms with Gasteiger partial charge in [-0.1, -0.05) is 0 Å². The second-order valence-corrected chi connectivity index (χ2v) is 4.07. The lowest BCUT2D eigenvalue weighted by molar-refractivity contribution is -0.383. The first-order chi connectivity index (χ1) is 6.61. The molecule has 1 heterocycles. The Hall–Kier alpha value is -1.08. The number of nitrogens with zero attached hydrogens (tertiary/aromatic N) is 3. The molecule has 0 atom stereocenters. The van der Waals surface area contributed by atoms with Gasteiger partial charge in [0.25, 0.3) is 5.69 Å². The summed E-state index contributed by atoms with van der Waals surface area (Å²) in [4.78, 5) is 10.3. The monoisotopic (exact) mass is 273 g/mol. The highest BCUT2D eigenvalue weighted by Gasteiger charge is 2.19. The van der Waals surface area contributed by atoms with Crippen LogP contribution >= 0.6 is 27.7 Å². The predicted octanol–water partition coefficient (Wildman–Crippen LogP) is 2.67. The van der Waals surface area contributed by atoms with Crippen molar-refractivity contribution >= 4 is 44.4 Å². The number of nitro benzene ring substituents is 1. The average Bonchev–Trinajstić information content (AvgIpc) is 2.59. The van der Waals surface area contributed by atoms with E-state index in [2.05, 4.69) is 24.7 Å². The van der Waals surface area contributed by atoms with E-state index < -0.39 is 4.92 Å². The number of aryl methyl sites for hydroxylation is 1. The van der Waals surface area contributed by atoms with E-state index in [4.69, 9.17) is 0 Å². The average molecular weight is 274 g/mol. The van der Waals surface area contributed by atoms with Crippen LogP contribution in [-0.4, -0.2) is 13.7 Å². The minimum Gasteiger partial charge on any atom is -0.258 e. The van der Waals surface area contributed by atoms with Crippen molar-refractivity contribution in [2.24, 2.45) is 0 Å². The van der Waals surface area contributed by atoms with Crippen molar-refractivity contribution in [3.63, 3.8) is 0 Å². The molecule has 2 rings (SSSR count). The molecule has 0 unspecified atom stereocenters. The molecule has 0 amide bonds. The van der Waals surface area contributed by atoms with Crippen molar-refractivity contribution in [3.05, 3.63) is 26.2 Å². The van der Waals surface area contributed by atoms with E-state index in [1.807, 2.05) is 0 Å². The van der Waals surface area contributed by atoms with Crippen LogP contribution in [0.15, 0.2) is 10.5 Å². The number of benzene rings is 1. The largest absolute Gasteiger partial charge is 0.298 e. The zero-order valence-corrected chi connectivity index (χ0v) is 9.42. The van der Waals surface area contributed by atoms with E-state index >= 15 is 0 Å². The summed E-state index contributed by atoms with van der Waals surface area (Å²) in [5, 5.41) is 10.7. The third-order valence-corrected chi connectivity index (χ3v) is 3.36. The Morgan fingerprint density at radius 2 is 2.14 bits per heavy atom. The van der Waals surface area contributed by atoms with Crippen LogP contribution in [0.5, 0.6) is 0 Å². The minimum absolute atomic E-state index is 0.00875. The van der Waals surface area contributed by atoms with Gasteiger partial charge >= 0.3 is 0 Å². The molecular formula is C7H4BrN3O2S. The van der Waals surface area contributed by atoms with Crippen LogP contribution < -0.4 is 0 Å². The lowest BCUT2D eigenvalue weighted by atomic mass is 10.2. The number of fused-ring (bicyclic) bond motifs is 1. The molecule has 0 aliphatic carbocycles. The Labute approximate surface area is 91.4 Å². The number of non-ortho nitro benzene ring substituents is 1. The highest BCUT2D eigenvalue weighted by Crippen LogP contribution is 2.32. The predicted molar refractivity (Wildman–Crippen MR) is 56.5 cm³/mol. The first-order valence-electron chi connectivity index (χ1n) is 3.67. The number of rotatable bonds is 1. The first kappa shape index (κ1) is 9.47. The maximum Gasteiger partial charge on any atom is 0.298 e. The van der Waals surface area contributed by atoms with Gasteiger partial charge in [0.1, 0.15) is 5.52 Å². The minimum atomic E-state index is -0.441. The molecule has 7 heteroatoms. The summed E-state index contributed by atoms with van der Waals surface area (Å²) in [5.74, 6) is 0. The van der Waals surface area contributed by atoms with Gasteiger partial charge in [0.05, 0.1) is 21.1 Å². The zero-order chi connectivity index (χ0) is 10.3. The molecule has 1 aromatic heterocycles. The van der Waals surface area contributed by atoms with Crippen LogP contribution in [0.1, 0.15) is 5.56 Å². The number of halogens is 1. The van der Waals surface area contributed by atoms with Crippen molar-refractivity contribution < 1.29 is 4.92 Å². The fourth-order valence-corrected chi connectivity index (χ4v) is 2.23. The number of hydrogen-bond donors (Lipinski definition) is 0.